The van der Waals surface area contributed by atoms with Crippen LogP contribution in [0.5, 0.6) is 0 Å². The van der Waals surface area contributed by atoms with Gasteiger partial charge in [-0.05, 0) is 36.2 Å². The van der Waals surface area contributed by atoms with Gasteiger partial charge in [0, 0.05) is 19.3 Å². The van der Waals surface area contributed by atoms with E-state index in [4.69, 9.17) is 5.73 Å². The Bertz CT molecular complexity index is 554. The van der Waals surface area contributed by atoms with Crippen molar-refractivity contribution in [2.24, 2.45) is 5.73 Å². The highest BCUT2D eigenvalue weighted by Crippen LogP contribution is 2.27. The average Bonchev–Trinajstić information content (AvgIpc) is 2.40. The van der Waals surface area contributed by atoms with Crippen molar-refractivity contribution in [2.45, 2.75) is 13.0 Å². The number of hydrogen-bond donors (Lipinski definition) is 1. The largest absolute Gasteiger partial charge is 0.366 e. The van der Waals surface area contributed by atoms with Crippen molar-refractivity contribution in [1.82, 2.24) is 0 Å². The van der Waals surface area contributed by atoms with Crippen LogP contribution in [0, 0.1) is 12.7 Å². The molecule has 0 radical (unpaired) electrons. The van der Waals surface area contributed by atoms with Crippen molar-refractivity contribution >= 4 is 5.69 Å². The highest BCUT2D eigenvalue weighted by molar-refractivity contribution is 5.54. The summed E-state index contributed by atoms with van der Waals surface area (Å²) in [6.45, 7) is 2.50. The summed E-state index contributed by atoms with van der Waals surface area (Å²) >= 11 is 0. The molecule has 3 heteroatoms. The minimum absolute atomic E-state index is 0.0307. The van der Waals surface area contributed by atoms with E-state index in [9.17, 15) is 4.39 Å². The highest BCUT2D eigenvalue weighted by atomic mass is 19.1. The number of rotatable bonds is 4. The minimum Gasteiger partial charge on any atom is -0.366 e. The van der Waals surface area contributed by atoms with Crippen LogP contribution < -0.4 is 10.6 Å². The smallest absolute Gasteiger partial charge is 0.123 e. The number of hydrogen-bond acceptors (Lipinski definition) is 2. The van der Waals surface area contributed by atoms with Crippen LogP contribution in [0.3, 0.4) is 0 Å². The van der Waals surface area contributed by atoms with Gasteiger partial charge >= 0.3 is 0 Å². The summed E-state index contributed by atoms with van der Waals surface area (Å²) in [5.74, 6) is -0.228. The topological polar surface area (TPSA) is 29.3 Å². The lowest BCUT2D eigenvalue weighted by Crippen LogP contribution is -2.30. The fourth-order valence-electron chi connectivity index (χ4n) is 2.36. The van der Waals surface area contributed by atoms with E-state index in [-0.39, 0.29) is 11.9 Å². The molecule has 0 saturated carbocycles. The zero-order chi connectivity index (χ0) is 13.8. The van der Waals surface area contributed by atoms with Crippen molar-refractivity contribution in [2.75, 3.05) is 18.5 Å². The molecule has 100 valence electrons. The van der Waals surface area contributed by atoms with Gasteiger partial charge in [-0.1, -0.05) is 30.3 Å². The molecule has 0 aliphatic carbocycles. The minimum atomic E-state index is -0.228. The predicted molar refractivity (Wildman–Crippen MR) is 77.8 cm³/mol. The highest BCUT2D eigenvalue weighted by Gasteiger charge is 2.17. The number of aryl methyl sites for hydroxylation is 1. The van der Waals surface area contributed by atoms with E-state index in [1.54, 1.807) is 12.1 Å². The fourth-order valence-corrected chi connectivity index (χ4v) is 2.36. The van der Waals surface area contributed by atoms with E-state index < -0.39 is 0 Å². The third kappa shape index (κ3) is 2.93. The fraction of sp³-hybridized carbons (Fsp3) is 0.250. The van der Waals surface area contributed by atoms with Crippen LogP contribution >= 0.6 is 0 Å². The average molecular weight is 258 g/mol. The monoisotopic (exact) mass is 258 g/mol. The molecule has 0 amide bonds. The van der Waals surface area contributed by atoms with Crippen LogP contribution in [0.2, 0.25) is 0 Å². The van der Waals surface area contributed by atoms with Gasteiger partial charge in [0.15, 0.2) is 0 Å². The first-order valence-corrected chi connectivity index (χ1v) is 6.37. The van der Waals surface area contributed by atoms with Crippen molar-refractivity contribution in [3.63, 3.8) is 0 Å². The van der Waals surface area contributed by atoms with E-state index in [1.807, 2.05) is 25.2 Å². The Kier molecular flexibility index (Phi) is 4.17. The zero-order valence-corrected chi connectivity index (χ0v) is 11.3. The van der Waals surface area contributed by atoms with Gasteiger partial charge in [-0.25, -0.2) is 4.39 Å². The van der Waals surface area contributed by atoms with Crippen LogP contribution in [0.1, 0.15) is 17.2 Å². The molecule has 0 bridgehead atoms. The summed E-state index contributed by atoms with van der Waals surface area (Å²) < 4.78 is 13.3. The van der Waals surface area contributed by atoms with Crippen molar-refractivity contribution in [3.8, 4) is 0 Å². The number of para-hydroxylation sites is 1. The second kappa shape index (κ2) is 5.85. The maximum Gasteiger partial charge on any atom is 0.123 e. The van der Waals surface area contributed by atoms with Gasteiger partial charge in [0.2, 0.25) is 0 Å². The van der Waals surface area contributed by atoms with Crippen LogP contribution in [0.4, 0.5) is 10.1 Å². The van der Waals surface area contributed by atoms with Gasteiger partial charge in [0.25, 0.3) is 0 Å². The molecule has 0 heterocycles. The van der Waals surface area contributed by atoms with Crippen molar-refractivity contribution in [3.05, 3.63) is 65.5 Å². The van der Waals surface area contributed by atoms with Gasteiger partial charge in [-0.15, -0.1) is 0 Å². The molecule has 0 saturated heterocycles. The second-order valence-corrected chi connectivity index (χ2v) is 4.70. The van der Waals surface area contributed by atoms with Crippen LogP contribution in [-0.4, -0.2) is 13.6 Å². The van der Waals surface area contributed by atoms with E-state index in [1.165, 1.54) is 11.6 Å². The lowest BCUT2D eigenvalue weighted by Gasteiger charge is -2.30. The Morgan fingerprint density at radius 2 is 1.89 bits per heavy atom. The van der Waals surface area contributed by atoms with Gasteiger partial charge in [0.1, 0.15) is 5.82 Å². The van der Waals surface area contributed by atoms with Gasteiger partial charge < -0.3 is 10.6 Å². The summed E-state index contributed by atoms with van der Waals surface area (Å²) in [4.78, 5) is 2.10. The van der Waals surface area contributed by atoms with Crippen LogP contribution in [0.25, 0.3) is 0 Å². The Labute approximate surface area is 113 Å². The Morgan fingerprint density at radius 1 is 1.16 bits per heavy atom. The third-order valence-electron chi connectivity index (χ3n) is 3.42. The summed E-state index contributed by atoms with van der Waals surface area (Å²) in [5.41, 5.74) is 9.07. The lowest BCUT2D eigenvalue weighted by atomic mass is 10.0. The van der Waals surface area contributed by atoms with E-state index in [2.05, 4.69) is 24.0 Å². The van der Waals surface area contributed by atoms with E-state index >= 15 is 0 Å². The number of nitrogens with two attached hydrogens (primary N) is 1. The molecule has 0 aromatic heterocycles. The molecular weight excluding hydrogens is 239 g/mol. The molecule has 0 fully saturated rings. The number of likely N-dealkylation sites (N-methyl/N-ethyl adjacent to an activating group) is 1. The molecule has 2 aromatic carbocycles. The lowest BCUT2D eigenvalue weighted by molar-refractivity contribution is 0.615. The van der Waals surface area contributed by atoms with Crippen LogP contribution in [0.15, 0.2) is 48.5 Å². The van der Waals surface area contributed by atoms with Gasteiger partial charge in [-0.2, -0.15) is 0 Å². The first-order valence-electron chi connectivity index (χ1n) is 6.37. The van der Waals surface area contributed by atoms with Crippen molar-refractivity contribution in [1.29, 1.82) is 0 Å². The zero-order valence-electron chi connectivity index (χ0n) is 11.3. The predicted octanol–water partition coefficient (Wildman–Crippen LogP) is 3.27. The number of anilines is 1. The number of halogens is 1. The first-order chi connectivity index (χ1) is 9.13. The molecule has 1 atom stereocenters. The molecule has 2 N–H and O–H groups in total. The molecule has 2 nitrogen and oxygen atoms in total. The second-order valence-electron chi connectivity index (χ2n) is 4.70. The molecule has 2 aromatic rings. The molecule has 0 aliphatic rings. The standard InChI is InChI=1S/C16H19FN2/c1-12-6-3-4-9-15(12)19(2)16(11-18)13-7-5-8-14(17)10-13/h3-10,16H,11,18H2,1-2H3. The molecule has 0 spiro atoms. The summed E-state index contributed by atoms with van der Waals surface area (Å²) in [6, 6.07) is 14.7. The van der Waals surface area contributed by atoms with E-state index in [0.717, 1.165) is 11.3 Å². The molecule has 2 rings (SSSR count). The van der Waals surface area contributed by atoms with E-state index in [0.29, 0.717) is 6.54 Å². The third-order valence-corrected chi connectivity index (χ3v) is 3.42. The summed E-state index contributed by atoms with van der Waals surface area (Å²) in [5, 5.41) is 0. The summed E-state index contributed by atoms with van der Waals surface area (Å²) in [7, 11) is 1.99. The molecule has 0 aliphatic heterocycles. The number of benzene rings is 2. The maximum atomic E-state index is 13.3. The molecule has 19 heavy (non-hydrogen) atoms. The SMILES string of the molecule is Cc1ccccc1N(C)C(CN)c1cccc(F)c1. The Hall–Kier alpha value is -1.87. The normalized spacial score (nSPS) is 12.2. The first kappa shape index (κ1) is 13.6. The molecular formula is C16H19FN2. The molecule has 1 unspecified atom stereocenters. The maximum absolute atomic E-state index is 13.3. The Balaban J connectivity index is 2.35. The number of nitrogens with zero attached hydrogens (tertiary/aromatic N) is 1. The quantitative estimate of drug-likeness (QED) is 0.912. The summed E-state index contributed by atoms with van der Waals surface area (Å²) in [6.07, 6.45) is 0. The van der Waals surface area contributed by atoms with Crippen molar-refractivity contribution < 1.29 is 4.39 Å². The Morgan fingerprint density at radius 3 is 2.53 bits per heavy atom. The van der Waals surface area contributed by atoms with Crippen LogP contribution in [-0.2, 0) is 0 Å². The van der Waals surface area contributed by atoms with Gasteiger partial charge in [-0.3, -0.25) is 0 Å². The van der Waals surface area contributed by atoms with Gasteiger partial charge in [0.05, 0.1) is 6.04 Å².